The fraction of sp³-hybridized carbons (Fsp3) is 0.581. The van der Waals surface area contributed by atoms with Crippen LogP contribution in [0.25, 0.3) is 11.0 Å². The Bertz CT molecular complexity index is 1260. The Labute approximate surface area is 247 Å². The normalized spacial score (nSPS) is 17.4. The molecule has 11 nitrogen and oxygen atoms in total. The number of nitrogens with one attached hydrogen (secondary N) is 1. The van der Waals surface area contributed by atoms with Gasteiger partial charge in [0, 0.05) is 12.5 Å². The lowest BCUT2D eigenvalue weighted by atomic mass is 10.1. The fourth-order valence-electron chi connectivity index (χ4n) is 4.87. The van der Waals surface area contributed by atoms with Gasteiger partial charge in [-0.3, -0.25) is 4.79 Å². The van der Waals surface area contributed by atoms with E-state index in [1.807, 2.05) is 25.1 Å². The van der Waals surface area contributed by atoms with Crippen LogP contribution in [0.5, 0.6) is 11.6 Å². The van der Waals surface area contributed by atoms with E-state index in [4.69, 9.17) is 23.9 Å². The summed E-state index contributed by atoms with van der Waals surface area (Å²) in [5.74, 6) is 0.0351. The highest BCUT2D eigenvalue weighted by molar-refractivity contribution is 5.90. The second kappa shape index (κ2) is 14.8. The van der Waals surface area contributed by atoms with Crippen molar-refractivity contribution in [3.05, 3.63) is 36.5 Å². The highest BCUT2D eigenvalue weighted by atomic mass is 16.6. The Morgan fingerprint density at radius 2 is 1.90 bits per heavy atom. The molecule has 3 atom stereocenters. The molecule has 0 saturated carbocycles. The summed E-state index contributed by atoms with van der Waals surface area (Å²) < 4.78 is 22.1. The van der Waals surface area contributed by atoms with Gasteiger partial charge in [-0.15, -0.1) is 6.58 Å². The van der Waals surface area contributed by atoms with Crippen LogP contribution in [0.15, 0.2) is 30.9 Å². The van der Waals surface area contributed by atoms with Crippen LogP contribution >= 0.6 is 0 Å². The number of allylic oxidation sites excluding steroid dienone is 1. The molecule has 11 heteroatoms. The van der Waals surface area contributed by atoms with Gasteiger partial charge in [0.05, 0.1) is 31.8 Å². The van der Waals surface area contributed by atoms with E-state index in [0.717, 1.165) is 19.3 Å². The molecule has 2 aromatic rings. The average Bonchev–Trinajstić information content (AvgIpc) is 3.37. The Morgan fingerprint density at radius 3 is 2.55 bits per heavy atom. The van der Waals surface area contributed by atoms with Gasteiger partial charge in [0.1, 0.15) is 35.2 Å². The molecule has 1 aromatic heterocycles. The number of aromatic nitrogens is 2. The number of nitrogens with zero attached hydrogens (tertiary/aromatic N) is 3. The SMILES string of the molecule is C=CCCCCC[C@H](NC(=O)OC(C)(C)C)C(=O)N1C[C@H](Oc2nc3cc(OC)ccc3nc2CC)C[C@H]1C(=O)OC. The molecule has 1 saturated heterocycles. The molecule has 1 fully saturated rings. The number of hydrogen-bond donors (Lipinski definition) is 1. The predicted octanol–water partition coefficient (Wildman–Crippen LogP) is 4.75. The summed E-state index contributed by atoms with van der Waals surface area (Å²) in [4.78, 5) is 50.2. The summed E-state index contributed by atoms with van der Waals surface area (Å²) in [6, 6.07) is 3.67. The molecule has 0 aliphatic carbocycles. The first-order chi connectivity index (χ1) is 20.0. The molecule has 1 N–H and O–H groups in total. The summed E-state index contributed by atoms with van der Waals surface area (Å²) >= 11 is 0. The van der Waals surface area contributed by atoms with Crippen molar-refractivity contribution in [2.24, 2.45) is 0 Å². The van der Waals surface area contributed by atoms with Crippen molar-refractivity contribution in [3.8, 4) is 11.6 Å². The maximum atomic E-state index is 13.9. The zero-order chi connectivity index (χ0) is 30.9. The quantitative estimate of drug-likeness (QED) is 0.201. The van der Waals surface area contributed by atoms with Crippen LogP contribution in [0.3, 0.4) is 0 Å². The number of aryl methyl sites for hydroxylation is 1. The molecule has 2 heterocycles. The topological polar surface area (TPSA) is 129 Å². The van der Waals surface area contributed by atoms with Gasteiger partial charge >= 0.3 is 12.1 Å². The molecule has 0 bridgehead atoms. The van der Waals surface area contributed by atoms with Crippen molar-refractivity contribution in [1.29, 1.82) is 0 Å². The highest BCUT2D eigenvalue weighted by Gasteiger charge is 2.44. The number of carbonyl (C=O) groups excluding carboxylic acids is 3. The molecular formula is C31H44N4O7. The summed E-state index contributed by atoms with van der Waals surface area (Å²) in [6.45, 7) is 11.1. The third-order valence-corrected chi connectivity index (χ3v) is 6.93. The fourth-order valence-corrected chi connectivity index (χ4v) is 4.87. The zero-order valence-electron chi connectivity index (χ0n) is 25.6. The first kappa shape index (κ1) is 32.6. The summed E-state index contributed by atoms with van der Waals surface area (Å²) in [7, 11) is 2.86. The van der Waals surface area contributed by atoms with Crippen LogP contribution in [0.2, 0.25) is 0 Å². The smallest absolute Gasteiger partial charge is 0.408 e. The number of alkyl carbamates (subject to hydrolysis) is 1. The van der Waals surface area contributed by atoms with E-state index in [9.17, 15) is 14.4 Å². The van der Waals surface area contributed by atoms with Crippen LogP contribution in [0.4, 0.5) is 4.79 Å². The van der Waals surface area contributed by atoms with Gasteiger partial charge < -0.3 is 29.2 Å². The van der Waals surface area contributed by atoms with Crippen molar-refractivity contribution in [2.45, 2.75) is 96.4 Å². The third-order valence-electron chi connectivity index (χ3n) is 6.93. The van der Waals surface area contributed by atoms with E-state index in [0.29, 0.717) is 47.6 Å². The van der Waals surface area contributed by atoms with Crippen LogP contribution < -0.4 is 14.8 Å². The number of methoxy groups -OCH3 is 2. The van der Waals surface area contributed by atoms with E-state index in [1.54, 1.807) is 33.9 Å². The molecular weight excluding hydrogens is 540 g/mol. The molecule has 1 aliphatic rings. The Morgan fingerprint density at radius 1 is 1.14 bits per heavy atom. The zero-order valence-corrected chi connectivity index (χ0v) is 25.6. The monoisotopic (exact) mass is 584 g/mol. The van der Waals surface area contributed by atoms with Crippen LogP contribution in [0.1, 0.15) is 71.9 Å². The number of benzene rings is 1. The van der Waals surface area contributed by atoms with Crippen molar-refractivity contribution < 1.29 is 33.3 Å². The maximum Gasteiger partial charge on any atom is 0.408 e. The molecule has 1 aromatic carbocycles. The van der Waals surface area contributed by atoms with Gasteiger partial charge in [0.15, 0.2) is 0 Å². The number of hydrogen-bond acceptors (Lipinski definition) is 9. The molecule has 42 heavy (non-hydrogen) atoms. The minimum absolute atomic E-state index is 0.114. The summed E-state index contributed by atoms with van der Waals surface area (Å²) in [5.41, 5.74) is 1.25. The number of carbonyl (C=O) groups is 3. The van der Waals surface area contributed by atoms with Crippen LogP contribution in [-0.2, 0) is 25.5 Å². The van der Waals surface area contributed by atoms with Gasteiger partial charge in [-0.2, -0.15) is 0 Å². The van der Waals surface area contributed by atoms with Crippen molar-refractivity contribution in [1.82, 2.24) is 20.2 Å². The first-order valence-corrected chi connectivity index (χ1v) is 14.5. The lowest BCUT2D eigenvalue weighted by Crippen LogP contribution is -2.52. The van der Waals surface area contributed by atoms with Crippen molar-refractivity contribution >= 4 is 29.0 Å². The minimum atomic E-state index is -0.881. The second-order valence-electron chi connectivity index (χ2n) is 11.3. The number of ether oxygens (including phenoxy) is 4. The number of esters is 1. The molecule has 3 rings (SSSR count). The van der Waals surface area contributed by atoms with Crippen LogP contribution in [-0.4, -0.2) is 77.4 Å². The molecule has 0 radical (unpaired) electrons. The number of amides is 2. The molecule has 2 amide bonds. The van der Waals surface area contributed by atoms with E-state index in [-0.39, 0.29) is 13.0 Å². The van der Waals surface area contributed by atoms with Gasteiger partial charge in [-0.25, -0.2) is 19.6 Å². The second-order valence-corrected chi connectivity index (χ2v) is 11.3. The third kappa shape index (κ3) is 8.80. The largest absolute Gasteiger partial charge is 0.497 e. The molecule has 230 valence electrons. The average molecular weight is 585 g/mol. The van der Waals surface area contributed by atoms with Gasteiger partial charge in [0.25, 0.3) is 0 Å². The standard InChI is InChI=1S/C31H44N4O7/c1-8-10-11-12-13-14-24(34-30(38)42-31(3,4)5)28(36)35-19-21(18-26(35)29(37)40-7)41-27-22(9-2)32-23-16-15-20(39-6)17-25(23)33-27/h8,15-17,21,24,26H,1,9-14,18-19H2,2-7H3,(H,34,38)/t21-,24+,26+/m1/s1. The highest BCUT2D eigenvalue weighted by Crippen LogP contribution is 2.28. The van der Waals surface area contributed by atoms with Crippen LogP contribution in [0, 0.1) is 0 Å². The Kier molecular flexibility index (Phi) is 11.5. The van der Waals surface area contributed by atoms with Gasteiger partial charge in [-0.1, -0.05) is 25.8 Å². The van der Waals surface area contributed by atoms with Crippen molar-refractivity contribution in [3.63, 3.8) is 0 Å². The lowest BCUT2D eigenvalue weighted by molar-refractivity contribution is -0.151. The minimum Gasteiger partial charge on any atom is -0.497 e. The number of likely N-dealkylation sites (tertiary alicyclic amines) is 1. The summed E-state index contributed by atoms with van der Waals surface area (Å²) in [5, 5.41) is 2.73. The number of unbranched alkanes of at least 4 members (excludes halogenated alkanes) is 3. The Balaban J connectivity index is 1.84. The lowest BCUT2D eigenvalue weighted by Gasteiger charge is -2.29. The molecule has 1 aliphatic heterocycles. The van der Waals surface area contributed by atoms with E-state index < -0.39 is 41.8 Å². The number of rotatable bonds is 13. The number of fused-ring (bicyclic) bond motifs is 1. The van der Waals surface area contributed by atoms with E-state index >= 15 is 0 Å². The summed E-state index contributed by atoms with van der Waals surface area (Å²) in [6.07, 6.45) is 5.16. The van der Waals surface area contributed by atoms with E-state index in [2.05, 4.69) is 16.9 Å². The maximum absolute atomic E-state index is 13.9. The first-order valence-electron chi connectivity index (χ1n) is 14.5. The molecule has 0 spiro atoms. The Hall–Kier alpha value is -3.89. The van der Waals surface area contributed by atoms with Gasteiger partial charge in [0.2, 0.25) is 11.8 Å². The van der Waals surface area contributed by atoms with Crippen molar-refractivity contribution in [2.75, 3.05) is 20.8 Å². The van der Waals surface area contributed by atoms with Gasteiger partial charge in [-0.05, 0) is 58.6 Å². The van der Waals surface area contributed by atoms with E-state index in [1.165, 1.54) is 12.0 Å². The molecule has 0 unspecified atom stereocenters. The predicted molar refractivity (Wildman–Crippen MR) is 158 cm³/mol.